The second-order valence-corrected chi connectivity index (χ2v) is 7.48. The number of nitrogens with one attached hydrogen (secondary N) is 1. The van der Waals surface area contributed by atoms with Crippen molar-refractivity contribution in [2.45, 2.75) is 20.0 Å². The molecule has 3 rings (SSSR count). The zero-order chi connectivity index (χ0) is 19.4. The number of piperazine rings is 1. The van der Waals surface area contributed by atoms with Gasteiger partial charge in [-0.3, -0.25) is 9.69 Å². The van der Waals surface area contributed by atoms with Gasteiger partial charge in [0.15, 0.2) is 0 Å². The number of hydrogen-bond acceptors (Lipinski definition) is 4. The lowest BCUT2D eigenvalue weighted by molar-refractivity contribution is -0.124. The van der Waals surface area contributed by atoms with Crippen LogP contribution in [-0.4, -0.2) is 54.8 Å². The van der Waals surface area contributed by atoms with E-state index in [-0.39, 0.29) is 12.5 Å². The summed E-state index contributed by atoms with van der Waals surface area (Å²) in [4.78, 5) is 13.3. The fourth-order valence-corrected chi connectivity index (χ4v) is 3.55. The molecule has 0 saturated carbocycles. The Bertz CT molecular complexity index is 825. The molecule has 2 N–H and O–H groups in total. The number of halogens is 1. The number of amides is 1. The van der Waals surface area contributed by atoms with Crippen molar-refractivity contribution in [3.8, 4) is 16.9 Å². The minimum atomic E-state index is -0.681. The number of carbonyl (C=O) groups is 1. The lowest BCUT2D eigenvalue weighted by atomic mass is 9.99. The van der Waals surface area contributed by atoms with Crippen LogP contribution in [0.3, 0.4) is 0 Å². The Kier molecular flexibility index (Phi) is 6.37. The van der Waals surface area contributed by atoms with Gasteiger partial charge in [0, 0.05) is 24.7 Å². The molecule has 27 heavy (non-hydrogen) atoms. The third-order valence-corrected chi connectivity index (χ3v) is 4.81. The van der Waals surface area contributed by atoms with Crippen LogP contribution in [0.15, 0.2) is 36.4 Å². The minimum Gasteiger partial charge on any atom is -0.491 e. The van der Waals surface area contributed by atoms with Gasteiger partial charge in [-0.2, -0.15) is 0 Å². The summed E-state index contributed by atoms with van der Waals surface area (Å²) >= 11 is 6.28. The fourth-order valence-electron chi connectivity index (χ4n) is 3.33. The maximum Gasteiger partial charge on any atom is 0.234 e. The van der Waals surface area contributed by atoms with Crippen LogP contribution >= 0.6 is 11.6 Å². The van der Waals surface area contributed by atoms with Gasteiger partial charge in [-0.15, -0.1) is 0 Å². The quantitative estimate of drug-likeness (QED) is 0.798. The van der Waals surface area contributed by atoms with Crippen LogP contribution in [0, 0.1) is 13.8 Å². The smallest absolute Gasteiger partial charge is 0.234 e. The summed E-state index contributed by atoms with van der Waals surface area (Å²) in [5.41, 5.74) is 4.47. The predicted octanol–water partition coefficient (Wildman–Crippen LogP) is 2.80. The van der Waals surface area contributed by atoms with Crippen LogP contribution in [0.5, 0.6) is 5.75 Å². The molecule has 0 radical (unpaired) electrons. The summed E-state index contributed by atoms with van der Waals surface area (Å²) < 4.78 is 5.78. The molecule has 1 fully saturated rings. The lowest BCUT2D eigenvalue weighted by Crippen LogP contribution is -2.50. The molecule has 1 aliphatic rings. The average Bonchev–Trinajstić information content (AvgIpc) is 2.59. The van der Waals surface area contributed by atoms with Crippen molar-refractivity contribution in [2.75, 3.05) is 32.8 Å². The van der Waals surface area contributed by atoms with Crippen LogP contribution < -0.4 is 10.1 Å². The zero-order valence-corrected chi connectivity index (χ0v) is 16.4. The molecule has 1 heterocycles. The molecule has 0 spiro atoms. The van der Waals surface area contributed by atoms with E-state index in [0.29, 0.717) is 30.4 Å². The lowest BCUT2D eigenvalue weighted by Gasteiger charge is -2.28. The van der Waals surface area contributed by atoms with Gasteiger partial charge in [0.25, 0.3) is 0 Å². The summed E-state index contributed by atoms with van der Waals surface area (Å²) in [7, 11) is 0. The largest absolute Gasteiger partial charge is 0.491 e. The van der Waals surface area contributed by atoms with E-state index in [9.17, 15) is 9.90 Å². The number of aliphatic hydroxyl groups is 1. The van der Waals surface area contributed by atoms with E-state index in [1.807, 2.05) is 17.0 Å². The number of β-amino-alcohol motifs (C(OH)–C–C–N with tert-alkyl or cyclic N) is 1. The highest BCUT2D eigenvalue weighted by Crippen LogP contribution is 2.31. The minimum absolute atomic E-state index is 0.0117. The molecule has 0 aliphatic carbocycles. The topological polar surface area (TPSA) is 61.8 Å². The first-order valence-corrected chi connectivity index (χ1v) is 9.46. The van der Waals surface area contributed by atoms with Crippen LogP contribution in [-0.2, 0) is 4.79 Å². The summed E-state index contributed by atoms with van der Waals surface area (Å²) in [6.07, 6.45) is -0.681. The molecule has 2 aromatic rings. The summed E-state index contributed by atoms with van der Waals surface area (Å²) in [5, 5.41) is 13.6. The van der Waals surface area contributed by atoms with E-state index >= 15 is 0 Å². The molecule has 1 unspecified atom stereocenters. The van der Waals surface area contributed by atoms with Crippen molar-refractivity contribution in [3.63, 3.8) is 0 Å². The Morgan fingerprint density at radius 2 is 2.07 bits per heavy atom. The van der Waals surface area contributed by atoms with Crippen LogP contribution in [0.25, 0.3) is 11.1 Å². The van der Waals surface area contributed by atoms with Gasteiger partial charge in [-0.05, 0) is 48.7 Å². The predicted molar refractivity (Wildman–Crippen MR) is 107 cm³/mol. The Labute approximate surface area is 164 Å². The second-order valence-electron chi connectivity index (χ2n) is 7.04. The summed E-state index contributed by atoms with van der Waals surface area (Å²) in [6, 6.07) is 11.9. The number of nitrogens with zero attached hydrogens (tertiary/aromatic N) is 1. The van der Waals surface area contributed by atoms with E-state index in [2.05, 4.69) is 37.4 Å². The zero-order valence-electron chi connectivity index (χ0n) is 15.7. The van der Waals surface area contributed by atoms with Gasteiger partial charge in [0.05, 0.1) is 6.54 Å². The Hall–Kier alpha value is -2.08. The highest BCUT2D eigenvalue weighted by atomic mass is 35.5. The highest BCUT2D eigenvalue weighted by Gasteiger charge is 2.19. The monoisotopic (exact) mass is 388 g/mol. The van der Waals surface area contributed by atoms with E-state index in [4.69, 9.17) is 16.3 Å². The first-order valence-electron chi connectivity index (χ1n) is 9.09. The third kappa shape index (κ3) is 5.45. The van der Waals surface area contributed by atoms with Crippen molar-refractivity contribution in [1.82, 2.24) is 10.2 Å². The first kappa shape index (κ1) is 19.7. The van der Waals surface area contributed by atoms with Gasteiger partial charge in [-0.25, -0.2) is 0 Å². The van der Waals surface area contributed by atoms with Gasteiger partial charge in [0.1, 0.15) is 18.5 Å². The van der Waals surface area contributed by atoms with Gasteiger partial charge in [-0.1, -0.05) is 35.4 Å². The molecule has 1 saturated heterocycles. The van der Waals surface area contributed by atoms with Crippen molar-refractivity contribution >= 4 is 17.5 Å². The summed E-state index contributed by atoms with van der Waals surface area (Å²) in [6.45, 7) is 6.34. The average molecular weight is 389 g/mol. The van der Waals surface area contributed by atoms with E-state index in [1.165, 1.54) is 11.1 Å². The van der Waals surface area contributed by atoms with Crippen molar-refractivity contribution < 1.29 is 14.6 Å². The number of aliphatic hydroxyl groups excluding tert-OH is 1. The van der Waals surface area contributed by atoms with Gasteiger partial charge in [0.2, 0.25) is 5.91 Å². The number of rotatable bonds is 6. The first-order chi connectivity index (χ1) is 12.9. The molecule has 144 valence electrons. The van der Waals surface area contributed by atoms with Gasteiger partial charge >= 0.3 is 0 Å². The van der Waals surface area contributed by atoms with Crippen LogP contribution in [0.1, 0.15) is 11.1 Å². The maximum atomic E-state index is 11.4. The summed E-state index contributed by atoms with van der Waals surface area (Å²) in [5.74, 6) is 0.607. The molecule has 1 amide bonds. The van der Waals surface area contributed by atoms with Gasteiger partial charge < -0.3 is 15.2 Å². The Balaban J connectivity index is 1.65. The van der Waals surface area contributed by atoms with E-state index < -0.39 is 6.10 Å². The van der Waals surface area contributed by atoms with Crippen LogP contribution in [0.4, 0.5) is 0 Å². The molecule has 2 aromatic carbocycles. The molecule has 1 atom stereocenters. The second kappa shape index (κ2) is 8.74. The Morgan fingerprint density at radius 3 is 2.81 bits per heavy atom. The number of ether oxygens (including phenoxy) is 1. The van der Waals surface area contributed by atoms with Crippen molar-refractivity contribution in [3.05, 3.63) is 52.5 Å². The normalized spacial score (nSPS) is 16.1. The maximum absolute atomic E-state index is 11.4. The Morgan fingerprint density at radius 1 is 1.26 bits per heavy atom. The SMILES string of the molecule is Cc1ccc(-c2cc(Cl)cc(OCC(O)CN3CCNC(=O)C3)c2)c(C)c1. The molecule has 0 aromatic heterocycles. The molecule has 6 heteroatoms. The molecular weight excluding hydrogens is 364 g/mol. The molecule has 5 nitrogen and oxygen atoms in total. The standard InChI is InChI=1S/C21H25ClN2O3/c1-14-3-4-20(15(2)7-14)16-8-17(22)10-19(9-16)27-13-18(25)11-24-6-5-23-21(26)12-24/h3-4,7-10,18,25H,5-6,11-13H2,1-2H3,(H,23,26). The fraction of sp³-hybridized carbons (Fsp3) is 0.381. The number of benzene rings is 2. The highest BCUT2D eigenvalue weighted by molar-refractivity contribution is 6.31. The number of carbonyl (C=O) groups excluding carboxylic acids is 1. The van der Waals surface area contributed by atoms with Crippen molar-refractivity contribution in [2.24, 2.45) is 0 Å². The molecule has 0 bridgehead atoms. The van der Waals surface area contributed by atoms with Crippen LogP contribution in [0.2, 0.25) is 5.02 Å². The number of aryl methyl sites for hydroxylation is 2. The van der Waals surface area contributed by atoms with E-state index in [0.717, 1.165) is 17.7 Å². The van der Waals surface area contributed by atoms with E-state index in [1.54, 1.807) is 6.07 Å². The van der Waals surface area contributed by atoms with Crippen molar-refractivity contribution in [1.29, 1.82) is 0 Å². The molecular formula is C21H25ClN2O3. The third-order valence-electron chi connectivity index (χ3n) is 4.59. The number of hydrogen-bond donors (Lipinski definition) is 2. The molecule has 1 aliphatic heterocycles.